The van der Waals surface area contributed by atoms with Crippen molar-refractivity contribution in [3.05, 3.63) is 39.3 Å². The molecule has 1 aromatic carbocycles. The van der Waals surface area contributed by atoms with Crippen LogP contribution in [0.2, 0.25) is 5.02 Å². The Morgan fingerprint density at radius 3 is 2.77 bits per heavy atom. The molecule has 1 aromatic rings. The highest BCUT2D eigenvalue weighted by molar-refractivity contribution is 9.10. The number of hydrogen-bond acceptors (Lipinski definition) is 1. The van der Waals surface area contributed by atoms with Crippen molar-refractivity contribution < 1.29 is 4.79 Å². The third kappa shape index (κ3) is 3.33. The number of halogens is 2. The molecule has 13 heavy (non-hydrogen) atoms. The predicted molar refractivity (Wildman–Crippen MR) is 58.9 cm³/mol. The maximum Gasteiger partial charge on any atom is 0.152 e. The molecule has 0 aliphatic carbocycles. The zero-order valence-electron chi connectivity index (χ0n) is 7.05. The van der Waals surface area contributed by atoms with Crippen LogP contribution in [-0.4, -0.2) is 5.78 Å². The second-order valence-electron chi connectivity index (χ2n) is 2.62. The fourth-order valence-electron chi connectivity index (χ4n) is 0.830. The molecule has 0 N–H and O–H groups in total. The van der Waals surface area contributed by atoms with Crippen molar-refractivity contribution in [3.63, 3.8) is 0 Å². The Morgan fingerprint density at radius 1 is 1.54 bits per heavy atom. The van der Waals surface area contributed by atoms with Crippen LogP contribution in [0.25, 0.3) is 6.08 Å². The molecule has 0 amide bonds. The highest BCUT2D eigenvalue weighted by Gasteiger charge is 1.95. The quantitative estimate of drug-likeness (QED) is 0.740. The summed E-state index contributed by atoms with van der Waals surface area (Å²) < 4.78 is 0.856. The van der Waals surface area contributed by atoms with Crippen LogP contribution in [0.5, 0.6) is 0 Å². The Bertz CT molecular complexity index is 358. The second kappa shape index (κ2) is 4.58. The number of allylic oxidation sites excluding steroid dienone is 1. The van der Waals surface area contributed by atoms with Crippen molar-refractivity contribution >= 4 is 39.4 Å². The molecule has 0 aliphatic heterocycles. The van der Waals surface area contributed by atoms with Gasteiger partial charge in [-0.15, -0.1) is 0 Å². The van der Waals surface area contributed by atoms with Crippen molar-refractivity contribution in [1.29, 1.82) is 0 Å². The summed E-state index contributed by atoms with van der Waals surface area (Å²) in [6, 6.07) is 5.53. The summed E-state index contributed by atoms with van der Waals surface area (Å²) in [4.78, 5) is 10.6. The molecule has 0 fully saturated rings. The first-order valence-corrected chi connectivity index (χ1v) is 4.90. The third-order valence-electron chi connectivity index (χ3n) is 1.45. The van der Waals surface area contributed by atoms with Crippen molar-refractivity contribution in [2.45, 2.75) is 6.92 Å². The number of rotatable bonds is 2. The smallest absolute Gasteiger partial charge is 0.152 e. The topological polar surface area (TPSA) is 17.1 Å². The SMILES string of the molecule is CC(=O)/C=C/c1ccc(Br)c(Cl)c1. The molecule has 1 rings (SSSR count). The van der Waals surface area contributed by atoms with E-state index >= 15 is 0 Å². The molecule has 0 bridgehead atoms. The van der Waals surface area contributed by atoms with E-state index in [9.17, 15) is 4.79 Å². The van der Waals surface area contributed by atoms with E-state index in [1.165, 1.54) is 13.0 Å². The lowest BCUT2D eigenvalue weighted by Gasteiger charge is -1.96. The molecule has 1 nitrogen and oxygen atoms in total. The second-order valence-corrected chi connectivity index (χ2v) is 3.88. The Kier molecular flexibility index (Phi) is 3.70. The highest BCUT2D eigenvalue weighted by atomic mass is 79.9. The van der Waals surface area contributed by atoms with E-state index in [0.717, 1.165) is 10.0 Å². The summed E-state index contributed by atoms with van der Waals surface area (Å²) in [5, 5.41) is 0.644. The van der Waals surface area contributed by atoms with Gasteiger partial charge in [0.25, 0.3) is 0 Å². The van der Waals surface area contributed by atoms with Crippen molar-refractivity contribution in [2.24, 2.45) is 0 Å². The number of carbonyl (C=O) groups is 1. The Hall–Kier alpha value is -0.600. The number of benzene rings is 1. The van der Waals surface area contributed by atoms with Gasteiger partial charge < -0.3 is 0 Å². The highest BCUT2D eigenvalue weighted by Crippen LogP contribution is 2.23. The van der Waals surface area contributed by atoms with Crippen molar-refractivity contribution in [2.75, 3.05) is 0 Å². The van der Waals surface area contributed by atoms with Crippen LogP contribution in [0, 0.1) is 0 Å². The normalized spacial score (nSPS) is 10.7. The van der Waals surface area contributed by atoms with Gasteiger partial charge in [0, 0.05) is 4.47 Å². The third-order valence-corrected chi connectivity index (χ3v) is 2.69. The Labute approximate surface area is 90.5 Å². The molecular formula is C10H8BrClO. The molecule has 68 valence electrons. The van der Waals surface area contributed by atoms with E-state index in [-0.39, 0.29) is 5.78 Å². The lowest BCUT2D eigenvalue weighted by molar-refractivity contribution is -0.112. The van der Waals surface area contributed by atoms with Crippen LogP contribution in [0.3, 0.4) is 0 Å². The summed E-state index contributed by atoms with van der Waals surface area (Å²) >= 11 is 9.15. The van der Waals surface area contributed by atoms with Gasteiger partial charge in [0.05, 0.1) is 5.02 Å². The van der Waals surface area contributed by atoms with Crippen LogP contribution in [-0.2, 0) is 4.79 Å². The molecule has 0 saturated carbocycles. The van der Waals surface area contributed by atoms with Gasteiger partial charge in [0.15, 0.2) is 5.78 Å². The summed E-state index contributed by atoms with van der Waals surface area (Å²) in [7, 11) is 0. The minimum absolute atomic E-state index is 0.0269. The molecule has 0 aromatic heterocycles. The zero-order valence-corrected chi connectivity index (χ0v) is 9.39. The van der Waals surface area contributed by atoms with Gasteiger partial charge in [-0.3, -0.25) is 4.79 Å². The molecule has 0 atom stereocenters. The summed E-state index contributed by atoms with van der Waals surface area (Å²) in [6.07, 6.45) is 3.25. The fourth-order valence-corrected chi connectivity index (χ4v) is 1.27. The zero-order chi connectivity index (χ0) is 9.84. The van der Waals surface area contributed by atoms with Gasteiger partial charge in [-0.25, -0.2) is 0 Å². The molecule has 0 unspecified atom stereocenters. The van der Waals surface area contributed by atoms with Gasteiger partial charge in [-0.1, -0.05) is 23.7 Å². The van der Waals surface area contributed by atoms with E-state index in [0.29, 0.717) is 5.02 Å². The molecule has 0 radical (unpaired) electrons. The first-order chi connectivity index (χ1) is 6.09. The molecule has 3 heteroatoms. The van der Waals surface area contributed by atoms with Gasteiger partial charge >= 0.3 is 0 Å². The van der Waals surface area contributed by atoms with Crippen LogP contribution in [0.4, 0.5) is 0 Å². The minimum Gasteiger partial charge on any atom is -0.295 e. The fraction of sp³-hybridized carbons (Fsp3) is 0.100. The van der Waals surface area contributed by atoms with Crippen molar-refractivity contribution in [3.8, 4) is 0 Å². The molecule has 0 spiro atoms. The Morgan fingerprint density at radius 2 is 2.23 bits per heavy atom. The van der Waals surface area contributed by atoms with Crippen LogP contribution in [0.15, 0.2) is 28.7 Å². The molecule has 0 heterocycles. The molecule has 0 saturated heterocycles. The van der Waals surface area contributed by atoms with E-state index in [1.807, 2.05) is 12.1 Å². The number of ketones is 1. The van der Waals surface area contributed by atoms with Crippen LogP contribution < -0.4 is 0 Å². The lowest BCUT2D eigenvalue weighted by atomic mass is 10.2. The van der Waals surface area contributed by atoms with E-state index in [2.05, 4.69) is 15.9 Å². The van der Waals surface area contributed by atoms with Crippen LogP contribution >= 0.6 is 27.5 Å². The van der Waals surface area contributed by atoms with E-state index < -0.39 is 0 Å². The predicted octanol–water partition coefficient (Wildman–Crippen LogP) is 3.70. The average molecular weight is 260 g/mol. The minimum atomic E-state index is 0.0269. The van der Waals surface area contributed by atoms with Crippen LogP contribution in [0.1, 0.15) is 12.5 Å². The molecular weight excluding hydrogens is 251 g/mol. The van der Waals surface area contributed by atoms with Gasteiger partial charge in [-0.2, -0.15) is 0 Å². The maximum atomic E-state index is 10.6. The standard InChI is InChI=1S/C10H8BrClO/c1-7(13)2-3-8-4-5-9(11)10(12)6-8/h2-6H,1H3/b3-2+. The van der Waals surface area contributed by atoms with E-state index in [1.54, 1.807) is 12.1 Å². The summed E-state index contributed by atoms with van der Waals surface area (Å²) in [6.45, 7) is 1.51. The largest absolute Gasteiger partial charge is 0.295 e. The van der Waals surface area contributed by atoms with Gasteiger partial charge in [-0.05, 0) is 46.6 Å². The number of hydrogen-bond donors (Lipinski definition) is 0. The maximum absolute atomic E-state index is 10.6. The summed E-state index contributed by atoms with van der Waals surface area (Å²) in [5.41, 5.74) is 0.920. The average Bonchev–Trinajstić information content (AvgIpc) is 2.07. The first-order valence-electron chi connectivity index (χ1n) is 3.73. The Balaban J connectivity index is 2.92. The molecule has 0 aliphatic rings. The first kappa shape index (κ1) is 10.5. The van der Waals surface area contributed by atoms with Crippen molar-refractivity contribution in [1.82, 2.24) is 0 Å². The number of carbonyl (C=O) groups excluding carboxylic acids is 1. The summed E-state index contributed by atoms with van der Waals surface area (Å²) in [5.74, 6) is 0.0269. The van der Waals surface area contributed by atoms with Gasteiger partial charge in [0.1, 0.15) is 0 Å². The lowest BCUT2D eigenvalue weighted by Crippen LogP contribution is -1.80. The monoisotopic (exact) mass is 258 g/mol. The van der Waals surface area contributed by atoms with E-state index in [4.69, 9.17) is 11.6 Å². The van der Waals surface area contributed by atoms with Gasteiger partial charge in [0.2, 0.25) is 0 Å².